The third-order valence-electron chi connectivity index (χ3n) is 4.56. The molecule has 2 aromatic rings. The van der Waals surface area contributed by atoms with Crippen molar-refractivity contribution in [1.29, 1.82) is 0 Å². The number of carbonyl (C=O) groups excluding carboxylic acids is 1. The SMILES string of the molecule is CC(C)Cn1ccc2cc(NC(=O)CCC3CCNC3)ccc21.Cl.Cl. The first-order chi connectivity index (χ1) is 11.1. The van der Waals surface area contributed by atoms with Crippen LogP contribution in [-0.4, -0.2) is 23.6 Å². The maximum absolute atomic E-state index is 12.1. The number of rotatable bonds is 6. The lowest BCUT2D eigenvalue weighted by molar-refractivity contribution is -0.116. The Morgan fingerprint density at radius 2 is 2.12 bits per heavy atom. The normalized spacial score (nSPS) is 16.5. The van der Waals surface area contributed by atoms with E-state index >= 15 is 0 Å². The molecule has 1 saturated heterocycles. The van der Waals surface area contributed by atoms with Crippen molar-refractivity contribution in [3.63, 3.8) is 0 Å². The zero-order valence-electron chi connectivity index (χ0n) is 15.0. The topological polar surface area (TPSA) is 46.1 Å². The first-order valence-electron chi connectivity index (χ1n) is 8.71. The van der Waals surface area contributed by atoms with Crippen molar-refractivity contribution in [2.24, 2.45) is 11.8 Å². The molecule has 0 radical (unpaired) electrons. The second kappa shape index (κ2) is 10.0. The minimum absolute atomic E-state index is 0. The van der Waals surface area contributed by atoms with Crippen molar-refractivity contribution < 1.29 is 4.79 Å². The number of anilines is 1. The molecule has 1 fully saturated rings. The summed E-state index contributed by atoms with van der Waals surface area (Å²) in [7, 11) is 0. The van der Waals surface area contributed by atoms with E-state index in [1.54, 1.807) is 0 Å². The van der Waals surface area contributed by atoms with Gasteiger partial charge in [0.2, 0.25) is 5.91 Å². The highest BCUT2D eigenvalue weighted by Gasteiger charge is 2.15. The van der Waals surface area contributed by atoms with Gasteiger partial charge in [-0.3, -0.25) is 4.79 Å². The Hall–Kier alpha value is -1.23. The van der Waals surface area contributed by atoms with E-state index in [4.69, 9.17) is 0 Å². The van der Waals surface area contributed by atoms with Crippen LogP contribution in [0.25, 0.3) is 10.9 Å². The van der Waals surface area contributed by atoms with Gasteiger partial charge in [-0.05, 0) is 62.0 Å². The molecular formula is C19H29Cl2N3O. The van der Waals surface area contributed by atoms with Crippen LogP contribution in [0.3, 0.4) is 0 Å². The Balaban J connectivity index is 0.00000156. The maximum atomic E-state index is 12.1. The molecule has 6 heteroatoms. The van der Waals surface area contributed by atoms with Crippen molar-refractivity contribution in [2.45, 2.75) is 39.7 Å². The fraction of sp³-hybridized carbons (Fsp3) is 0.526. The standard InChI is InChI=1S/C19H27N3O.2ClH/c1-14(2)13-22-10-8-16-11-17(4-5-18(16)22)21-19(23)6-3-15-7-9-20-12-15;;/h4-5,8,10-11,14-15,20H,3,6-7,9,12-13H2,1-2H3,(H,21,23);2*1H. The van der Waals surface area contributed by atoms with E-state index in [-0.39, 0.29) is 30.7 Å². The predicted octanol–water partition coefficient (Wildman–Crippen LogP) is 4.47. The highest BCUT2D eigenvalue weighted by Crippen LogP contribution is 2.22. The lowest BCUT2D eigenvalue weighted by atomic mass is 10.0. The first kappa shape index (κ1) is 21.8. The Kier molecular flexibility index (Phi) is 8.77. The summed E-state index contributed by atoms with van der Waals surface area (Å²) in [5.74, 6) is 1.40. The average molecular weight is 386 g/mol. The number of hydrogen-bond donors (Lipinski definition) is 2. The number of fused-ring (bicyclic) bond motifs is 1. The summed E-state index contributed by atoms with van der Waals surface area (Å²) in [4.78, 5) is 12.1. The van der Waals surface area contributed by atoms with E-state index < -0.39 is 0 Å². The minimum atomic E-state index is 0. The van der Waals surface area contributed by atoms with Crippen LogP contribution < -0.4 is 10.6 Å². The fourth-order valence-corrected chi connectivity index (χ4v) is 3.35. The van der Waals surface area contributed by atoms with Crippen molar-refractivity contribution in [3.8, 4) is 0 Å². The summed E-state index contributed by atoms with van der Waals surface area (Å²) in [6, 6.07) is 8.31. The molecule has 2 heterocycles. The van der Waals surface area contributed by atoms with E-state index in [0.29, 0.717) is 18.3 Å². The predicted molar refractivity (Wildman–Crippen MR) is 110 cm³/mol. The van der Waals surface area contributed by atoms with Crippen LogP contribution in [0.2, 0.25) is 0 Å². The second-order valence-electron chi connectivity index (χ2n) is 7.08. The molecule has 1 amide bonds. The van der Waals surface area contributed by atoms with E-state index in [9.17, 15) is 4.79 Å². The third-order valence-corrected chi connectivity index (χ3v) is 4.56. The molecule has 4 nitrogen and oxygen atoms in total. The fourth-order valence-electron chi connectivity index (χ4n) is 3.35. The number of hydrogen-bond acceptors (Lipinski definition) is 2. The molecule has 1 atom stereocenters. The van der Waals surface area contributed by atoms with Crippen LogP contribution in [0, 0.1) is 11.8 Å². The Morgan fingerprint density at radius 1 is 1.32 bits per heavy atom. The maximum Gasteiger partial charge on any atom is 0.224 e. The molecular weight excluding hydrogens is 357 g/mol. The molecule has 2 N–H and O–H groups in total. The molecule has 1 aliphatic heterocycles. The minimum Gasteiger partial charge on any atom is -0.347 e. The molecule has 0 bridgehead atoms. The zero-order valence-corrected chi connectivity index (χ0v) is 16.6. The monoisotopic (exact) mass is 385 g/mol. The number of halogens is 2. The van der Waals surface area contributed by atoms with Crippen molar-refractivity contribution in [2.75, 3.05) is 18.4 Å². The largest absolute Gasteiger partial charge is 0.347 e. The smallest absolute Gasteiger partial charge is 0.224 e. The zero-order chi connectivity index (χ0) is 16.2. The number of carbonyl (C=O) groups is 1. The lowest BCUT2D eigenvalue weighted by Gasteiger charge is -2.10. The van der Waals surface area contributed by atoms with Gasteiger partial charge < -0.3 is 15.2 Å². The third kappa shape index (κ3) is 5.91. The van der Waals surface area contributed by atoms with Crippen LogP contribution in [0.4, 0.5) is 5.69 Å². The van der Waals surface area contributed by atoms with Gasteiger partial charge in [-0.25, -0.2) is 0 Å². The van der Waals surface area contributed by atoms with Crippen LogP contribution in [0.15, 0.2) is 30.5 Å². The summed E-state index contributed by atoms with van der Waals surface area (Å²) in [6.45, 7) is 7.62. The van der Waals surface area contributed by atoms with Gasteiger partial charge in [0, 0.05) is 35.8 Å². The Labute approximate surface area is 162 Å². The summed E-state index contributed by atoms with van der Waals surface area (Å²) < 4.78 is 2.28. The first-order valence-corrected chi connectivity index (χ1v) is 8.71. The van der Waals surface area contributed by atoms with Gasteiger partial charge in [0.1, 0.15) is 0 Å². The summed E-state index contributed by atoms with van der Waals surface area (Å²) >= 11 is 0. The van der Waals surface area contributed by atoms with E-state index in [1.807, 2.05) is 6.07 Å². The number of benzene rings is 1. The van der Waals surface area contributed by atoms with Gasteiger partial charge in [-0.15, -0.1) is 24.8 Å². The Bertz CT molecular complexity index is 678. The molecule has 1 unspecified atom stereocenters. The van der Waals surface area contributed by atoms with Crippen LogP contribution in [0.5, 0.6) is 0 Å². The van der Waals surface area contributed by atoms with E-state index in [1.165, 1.54) is 17.3 Å². The molecule has 140 valence electrons. The van der Waals surface area contributed by atoms with Crippen molar-refractivity contribution >= 4 is 47.3 Å². The molecule has 0 aliphatic carbocycles. The number of aromatic nitrogens is 1. The lowest BCUT2D eigenvalue weighted by Crippen LogP contribution is -2.15. The van der Waals surface area contributed by atoms with Crippen LogP contribution in [0.1, 0.15) is 33.1 Å². The van der Waals surface area contributed by atoms with Crippen molar-refractivity contribution in [1.82, 2.24) is 9.88 Å². The Morgan fingerprint density at radius 3 is 2.80 bits per heavy atom. The van der Waals surface area contributed by atoms with Gasteiger partial charge in [-0.2, -0.15) is 0 Å². The van der Waals surface area contributed by atoms with E-state index in [2.05, 4.69) is 53.4 Å². The molecule has 1 aromatic heterocycles. The number of nitrogens with zero attached hydrogens (tertiary/aromatic N) is 1. The average Bonchev–Trinajstić information content (AvgIpc) is 3.15. The highest BCUT2D eigenvalue weighted by atomic mass is 35.5. The van der Waals surface area contributed by atoms with Gasteiger partial charge in [0.25, 0.3) is 0 Å². The highest BCUT2D eigenvalue weighted by molar-refractivity contribution is 5.93. The molecule has 0 spiro atoms. The van der Waals surface area contributed by atoms with Gasteiger partial charge in [0.15, 0.2) is 0 Å². The molecule has 1 aliphatic rings. The van der Waals surface area contributed by atoms with Gasteiger partial charge in [-0.1, -0.05) is 13.8 Å². The van der Waals surface area contributed by atoms with E-state index in [0.717, 1.165) is 31.7 Å². The summed E-state index contributed by atoms with van der Waals surface area (Å²) in [5.41, 5.74) is 2.13. The van der Waals surface area contributed by atoms with Gasteiger partial charge in [0.05, 0.1) is 0 Å². The molecule has 25 heavy (non-hydrogen) atoms. The number of amides is 1. The molecule has 3 rings (SSSR count). The number of nitrogens with one attached hydrogen (secondary N) is 2. The van der Waals surface area contributed by atoms with Crippen LogP contribution >= 0.6 is 24.8 Å². The molecule has 1 aromatic carbocycles. The van der Waals surface area contributed by atoms with Crippen LogP contribution in [-0.2, 0) is 11.3 Å². The quantitative estimate of drug-likeness (QED) is 0.770. The molecule has 0 saturated carbocycles. The summed E-state index contributed by atoms with van der Waals surface area (Å²) in [6.07, 6.45) is 4.91. The summed E-state index contributed by atoms with van der Waals surface area (Å²) in [5, 5.41) is 7.57. The van der Waals surface area contributed by atoms with Gasteiger partial charge >= 0.3 is 0 Å². The van der Waals surface area contributed by atoms with Crippen molar-refractivity contribution in [3.05, 3.63) is 30.5 Å². The second-order valence-corrected chi connectivity index (χ2v) is 7.08.